The minimum atomic E-state index is -1.90. The summed E-state index contributed by atoms with van der Waals surface area (Å²) >= 11 is 3.61. The Hall–Kier alpha value is -0.473. The Balaban J connectivity index is 1.95. The van der Waals surface area contributed by atoms with E-state index in [1.54, 1.807) is 7.11 Å². The van der Waals surface area contributed by atoms with E-state index in [2.05, 4.69) is 60.8 Å². The maximum atomic E-state index is 6.92. The van der Waals surface area contributed by atoms with E-state index >= 15 is 0 Å². The fourth-order valence-electron chi connectivity index (χ4n) is 3.95. The summed E-state index contributed by atoms with van der Waals surface area (Å²) in [5.41, 5.74) is 2.21. The zero-order valence-corrected chi connectivity index (χ0v) is 20.6. The number of ether oxygens (including phenoxy) is 3. The molecule has 2 atom stereocenters. The molecule has 0 radical (unpaired) electrons. The van der Waals surface area contributed by atoms with E-state index in [-0.39, 0.29) is 17.1 Å². The number of halogens is 1. The molecule has 2 heterocycles. The van der Waals surface area contributed by atoms with Crippen LogP contribution in [0.15, 0.2) is 12.1 Å². The quantitative estimate of drug-likeness (QED) is 0.425. The van der Waals surface area contributed by atoms with Crippen molar-refractivity contribution < 1.29 is 18.6 Å². The first kappa shape index (κ1) is 22.2. The highest BCUT2D eigenvalue weighted by molar-refractivity contribution is 9.08. The zero-order valence-electron chi connectivity index (χ0n) is 18.0. The van der Waals surface area contributed by atoms with Crippen LogP contribution in [0.2, 0.25) is 18.1 Å². The zero-order chi connectivity index (χ0) is 20.6. The maximum absolute atomic E-state index is 6.92. The number of hydrogen-bond donors (Lipinski definition) is 0. The third kappa shape index (κ3) is 4.48. The molecule has 1 aromatic rings. The first-order chi connectivity index (χ1) is 13.1. The van der Waals surface area contributed by atoms with Crippen LogP contribution in [0.3, 0.4) is 0 Å². The first-order valence-electron chi connectivity index (χ1n) is 10.2. The van der Waals surface area contributed by atoms with Crippen LogP contribution in [-0.2, 0) is 19.2 Å². The van der Waals surface area contributed by atoms with E-state index in [1.165, 1.54) is 5.56 Å². The van der Waals surface area contributed by atoms with Crippen molar-refractivity contribution in [2.75, 3.05) is 20.3 Å². The average molecular weight is 472 g/mol. The van der Waals surface area contributed by atoms with Gasteiger partial charge < -0.3 is 18.6 Å². The van der Waals surface area contributed by atoms with Crippen LogP contribution < -0.4 is 4.74 Å². The highest BCUT2D eigenvalue weighted by Crippen LogP contribution is 2.48. The molecule has 1 saturated heterocycles. The lowest BCUT2D eigenvalue weighted by molar-refractivity contribution is -0.192. The Labute approximate surface area is 178 Å². The molecule has 158 valence electrons. The van der Waals surface area contributed by atoms with Crippen molar-refractivity contribution in [3.63, 3.8) is 0 Å². The number of alkyl halides is 1. The molecule has 0 amide bonds. The van der Waals surface area contributed by atoms with Gasteiger partial charge >= 0.3 is 0 Å². The molecule has 7 heteroatoms. The molecule has 28 heavy (non-hydrogen) atoms. The van der Waals surface area contributed by atoms with E-state index in [4.69, 9.17) is 18.6 Å². The van der Waals surface area contributed by atoms with Gasteiger partial charge in [-0.25, -0.2) is 4.98 Å². The lowest BCUT2D eigenvalue weighted by atomic mass is 9.78. The summed E-state index contributed by atoms with van der Waals surface area (Å²) in [6.07, 6.45) is 2.77. The largest absolute Gasteiger partial charge is 0.481 e. The Bertz CT molecular complexity index is 685. The van der Waals surface area contributed by atoms with Gasteiger partial charge in [0.05, 0.1) is 32.1 Å². The van der Waals surface area contributed by atoms with Gasteiger partial charge in [0, 0.05) is 30.2 Å². The smallest absolute Gasteiger partial charge is 0.213 e. The van der Waals surface area contributed by atoms with Crippen LogP contribution in [0, 0.1) is 0 Å². The Morgan fingerprint density at radius 1 is 1.25 bits per heavy atom. The van der Waals surface area contributed by atoms with Gasteiger partial charge in [0.25, 0.3) is 0 Å². The summed E-state index contributed by atoms with van der Waals surface area (Å²) in [7, 11) is -0.250. The lowest BCUT2D eigenvalue weighted by Gasteiger charge is -2.46. The van der Waals surface area contributed by atoms with Gasteiger partial charge in [0.2, 0.25) is 5.88 Å². The van der Waals surface area contributed by atoms with E-state index in [0.29, 0.717) is 24.4 Å². The lowest BCUT2D eigenvalue weighted by Crippen LogP contribution is -2.49. The minimum Gasteiger partial charge on any atom is -0.481 e. The minimum absolute atomic E-state index is 0.146. The van der Waals surface area contributed by atoms with Crippen LogP contribution in [0.4, 0.5) is 0 Å². The number of rotatable bonds is 5. The first-order valence-corrected chi connectivity index (χ1v) is 14.2. The van der Waals surface area contributed by atoms with Crippen molar-refractivity contribution in [2.45, 2.75) is 81.3 Å². The van der Waals surface area contributed by atoms with Crippen molar-refractivity contribution >= 4 is 24.2 Å². The summed E-state index contributed by atoms with van der Waals surface area (Å²) in [5, 5.41) is 0.848. The van der Waals surface area contributed by atoms with E-state index in [1.807, 2.05) is 6.07 Å². The topological polar surface area (TPSA) is 49.8 Å². The van der Waals surface area contributed by atoms with Crippen LogP contribution in [0.5, 0.6) is 5.88 Å². The second-order valence-corrected chi connectivity index (χ2v) is 14.7. The molecule has 1 aliphatic carbocycles. The van der Waals surface area contributed by atoms with Crippen molar-refractivity contribution in [2.24, 2.45) is 0 Å². The second-order valence-electron chi connectivity index (χ2n) is 9.40. The molecule has 0 unspecified atom stereocenters. The highest BCUT2D eigenvalue weighted by atomic mass is 79.9. The number of hydrogen-bond acceptors (Lipinski definition) is 5. The van der Waals surface area contributed by atoms with Crippen LogP contribution in [-0.4, -0.2) is 45.5 Å². The van der Waals surface area contributed by atoms with Crippen molar-refractivity contribution in [1.29, 1.82) is 0 Å². The third-order valence-corrected chi connectivity index (χ3v) is 11.6. The molecule has 3 rings (SSSR count). The van der Waals surface area contributed by atoms with Crippen molar-refractivity contribution in [3.8, 4) is 5.88 Å². The van der Waals surface area contributed by atoms with Gasteiger partial charge in [-0.1, -0.05) is 42.8 Å². The summed E-state index contributed by atoms with van der Waals surface area (Å²) in [6, 6.07) is 4.09. The summed E-state index contributed by atoms with van der Waals surface area (Å²) < 4.78 is 24.4. The average Bonchev–Trinajstić information content (AvgIpc) is 3.09. The molecular weight excluding hydrogens is 438 g/mol. The van der Waals surface area contributed by atoms with Gasteiger partial charge in [0.15, 0.2) is 14.1 Å². The fraction of sp³-hybridized carbons (Fsp3) is 0.762. The molecule has 0 N–H and O–H groups in total. The number of pyridine rings is 1. The van der Waals surface area contributed by atoms with Gasteiger partial charge in [-0.05, 0) is 30.1 Å². The SMILES string of the molecule is COc1ccc([C@H]2CC3(CC[C@@H]2O[Si](C)(C)C(C)(C)C)OCCO3)c(CBr)n1. The molecule has 2 fully saturated rings. The Morgan fingerprint density at radius 3 is 2.50 bits per heavy atom. The molecule has 1 aromatic heterocycles. The third-order valence-electron chi connectivity index (χ3n) is 6.57. The molecule has 1 saturated carbocycles. The number of aromatic nitrogens is 1. The molecular formula is C21H34BrNO4Si. The second kappa shape index (κ2) is 8.34. The predicted octanol–water partition coefficient (Wildman–Crippen LogP) is 5.39. The monoisotopic (exact) mass is 471 g/mol. The van der Waals surface area contributed by atoms with Gasteiger partial charge in [0.1, 0.15) is 0 Å². The Kier molecular flexibility index (Phi) is 6.62. The van der Waals surface area contributed by atoms with Crippen LogP contribution in [0.25, 0.3) is 0 Å². The highest BCUT2D eigenvalue weighted by Gasteiger charge is 2.49. The molecule has 0 aromatic carbocycles. The van der Waals surface area contributed by atoms with E-state index in [0.717, 1.165) is 25.0 Å². The standard InChI is InChI=1S/C21H34BrNO4Si/c1-20(2,3)28(5,6)27-18-9-10-21(25-11-12-26-21)13-16(18)15-7-8-19(24-4)23-17(15)14-22/h7-8,16,18H,9-14H2,1-6H3/t16-,18+/m1/s1. The molecule has 1 aliphatic heterocycles. The van der Waals surface area contributed by atoms with Crippen LogP contribution >= 0.6 is 15.9 Å². The van der Waals surface area contributed by atoms with Crippen molar-refractivity contribution in [1.82, 2.24) is 4.98 Å². The summed E-state index contributed by atoms with van der Waals surface area (Å²) in [6.45, 7) is 12.9. The van der Waals surface area contributed by atoms with Gasteiger partial charge in [-0.15, -0.1) is 0 Å². The van der Waals surface area contributed by atoms with Crippen LogP contribution in [0.1, 0.15) is 57.2 Å². The molecule has 2 aliphatic rings. The normalized spacial score (nSPS) is 25.2. The summed E-state index contributed by atoms with van der Waals surface area (Å²) in [4.78, 5) is 4.68. The van der Waals surface area contributed by atoms with Crippen molar-refractivity contribution in [3.05, 3.63) is 23.4 Å². The van der Waals surface area contributed by atoms with E-state index in [9.17, 15) is 0 Å². The van der Waals surface area contributed by atoms with Gasteiger partial charge in [-0.3, -0.25) is 0 Å². The van der Waals surface area contributed by atoms with Gasteiger partial charge in [-0.2, -0.15) is 0 Å². The molecule has 5 nitrogen and oxygen atoms in total. The number of nitrogens with zero attached hydrogens (tertiary/aromatic N) is 1. The fourth-order valence-corrected chi connectivity index (χ4v) is 5.79. The predicted molar refractivity (Wildman–Crippen MR) is 117 cm³/mol. The molecule has 1 spiro atoms. The van der Waals surface area contributed by atoms with E-state index < -0.39 is 14.1 Å². The number of methoxy groups -OCH3 is 1. The summed E-state index contributed by atoms with van der Waals surface area (Å²) in [5.74, 6) is 0.354. The molecule has 0 bridgehead atoms. The maximum Gasteiger partial charge on any atom is 0.213 e. The Morgan fingerprint density at radius 2 is 1.93 bits per heavy atom.